The van der Waals surface area contributed by atoms with Crippen molar-refractivity contribution in [1.29, 1.82) is 0 Å². The highest BCUT2D eigenvalue weighted by molar-refractivity contribution is 5.88. The molecule has 0 saturated heterocycles. The molecule has 0 aliphatic carbocycles. The van der Waals surface area contributed by atoms with E-state index in [1.54, 1.807) is 4.90 Å². The lowest BCUT2D eigenvalue weighted by Crippen LogP contribution is -2.51. The van der Waals surface area contributed by atoms with Crippen LogP contribution in [-0.4, -0.2) is 28.8 Å². The van der Waals surface area contributed by atoms with Gasteiger partial charge in [-0.25, -0.2) is 0 Å². The van der Waals surface area contributed by atoms with E-state index in [1.807, 2.05) is 77.1 Å². The average Bonchev–Trinajstić information content (AvgIpc) is 2.67. The monoisotopic (exact) mass is 394 g/mol. The van der Waals surface area contributed by atoms with E-state index < -0.39 is 6.04 Å². The predicted molar refractivity (Wildman–Crippen MR) is 119 cm³/mol. The molecule has 2 atom stereocenters. The first-order valence-corrected chi connectivity index (χ1v) is 10.5. The maximum atomic E-state index is 13.3. The SMILES string of the molecule is CCC(C)NC(=O)C(CC)N(Cc1cccc(C)c1)C(=O)Cc1cccc(C)c1. The average molecular weight is 395 g/mol. The number of hydrogen-bond acceptors (Lipinski definition) is 2. The molecule has 0 heterocycles. The van der Waals surface area contributed by atoms with E-state index in [1.165, 1.54) is 0 Å². The van der Waals surface area contributed by atoms with Crippen LogP contribution in [0.3, 0.4) is 0 Å². The highest BCUT2D eigenvalue weighted by Gasteiger charge is 2.29. The molecule has 156 valence electrons. The van der Waals surface area contributed by atoms with Gasteiger partial charge in [0.25, 0.3) is 0 Å². The zero-order valence-corrected chi connectivity index (χ0v) is 18.4. The maximum Gasteiger partial charge on any atom is 0.243 e. The lowest BCUT2D eigenvalue weighted by atomic mass is 10.0. The van der Waals surface area contributed by atoms with Gasteiger partial charge in [-0.05, 0) is 44.7 Å². The normalized spacial score (nSPS) is 12.9. The number of rotatable bonds is 9. The maximum absolute atomic E-state index is 13.3. The van der Waals surface area contributed by atoms with Crippen molar-refractivity contribution in [3.63, 3.8) is 0 Å². The minimum atomic E-state index is -0.484. The van der Waals surface area contributed by atoms with Gasteiger partial charge < -0.3 is 10.2 Å². The van der Waals surface area contributed by atoms with Gasteiger partial charge in [-0.1, -0.05) is 73.5 Å². The second kappa shape index (κ2) is 10.8. The predicted octanol–water partition coefficient (Wildman–Crippen LogP) is 4.57. The molecule has 29 heavy (non-hydrogen) atoms. The van der Waals surface area contributed by atoms with Crippen molar-refractivity contribution < 1.29 is 9.59 Å². The molecular formula is C25H34N2O2. The molecular weight excluding hydrogens is 360 g/mol. The van der Waals surface area contributed by atoms with Gasteiger partial charge in [0.15, 0.2) is 0 Å². The number of hydrogen-bond donors (Lipinski definition) is 1. The van der Waals surface area contributed by atoms with E-state index >= 15 is 0 Å². The summed E-state index contributed by atoms with van der Waals surface area (Å²) in [5.41, 5.74) is 4.28. The molecule has 0 aromatic heterocycles. The lowest BCUT2D eigenvalue weighted by Gasteiger charge is -2.31. The largest absolute Gasteiger partial charge is 0.352 e. The molecule has 2 amide bonds. The van der Waals surface area contributed by atoms with Crippen LogP contribution in [-0.2, 0) is 22.6 Å². The fraction of sp³-hybridized carbons (Fsp3) is 0.440. The first-order valence-electron chi connectivity index (χ1n) is 10.5. The van der Waals surface area contributed by atoms with Crippen molar-refractivity contribution in [2.24, 2.45) is 0 Å². The number of carbonyl (C=O) groups is 2. The minimum Gasteiger partial charge on any atom is -0.352 e. The number of aryl methyl sites for hydroxylation is 2. The topological polar surface area (TPSA) is 49.4 Å². The second-order valence-electron chi connectivity index (χ2n) is 7.92. The van der Waals surface area contributed by atoms with Gasteiger partial charge >= 0.3 is 0 Å². The molecule has 0 bridgehead atoms. The summed E-state index contributed by atoms with van der Waals surface area (Å²) in [5.74, 6) is -0.102. The minimum absolute atomic E-state index is 0.0248. The van der Waals surface area contributed by atoms with Crippen molar-refractivity contribution in [3.05, 3.63) is 70.8 Å². The van der Waals surface area contributed by atoms with Gasteiger partial charge in [-0.15, -0.1) is 0 Å². The third-order valence-electron chi connectivity index (χ3n) is 5.26. The van der Waals surface area contributed by atoms with E-state index in [0.29, 0.717) is 19.4 Å². The van der Waals surface area contributed by atoms with E-state index in [2.05, 4.69) is 11.4 Å². The third-order valence-corrected chi connectivity index (χ3v) is 5.26. The summed E-state index contributed by atoms with van der Waals surface area (Å²) in [4.78, 5) is 28.0. The number of benzene rings is 2. The van der Waals surface area contributed by atoms with Crippen molar-refractivity contribution in [3.8, 4) is 0 Å². The first-order chi connectivity index (χ1) is 13.8. The Balaban J connectivity index is 2.29. The Morgan fingerprint density at radius 3 is 2.07 bits per heavy atom. The van der Waals surface area contributed by atoms with Gasteiger partial charge in [-0.3, -0.25) is 9.59 Å². The quantitative estimate of drug-likeness (QED) is 0.677. The molecule has 4 nitrogen and oxygen atoms in total. The van der Waals surface area contributed by atoms with Crippen LogP contribution in [0.1, 0.15) is 55.9 Å². The van der Waals surface area contributed by atoms with E-state index in [0.717, 1.165) is 28.7 Å². The number of carbonyl (C=O) groups excluding carboxylic acids is 2. The van der Waals surface area contributed by atoms with Gasteiger partial charge in [-0.2, -0.15) is 0 Å². The Morgan fingerprint density at radius 1 is 0.931 bits per heavy atom. The molecule has 0 fully saturated rings. The van der Waals surface area contributed by atoms with E-state index in [9.17, 15) is 9.59 Å². The Kier molecular flexibility index (Phi) is 8.44. The third kappa shape index (κ3) is 6.74. The number of nitrogens with zero attached hydrogens (tertiary/aromatic N) is 1. The summed E-state index contributed by atoms with van der Waals surface area (Å²) in [6, 6.07) is 15.7. The molecule has 2 unspecified atom stereocenters. The van der Waals surface area contributed by atoms with E-state index in [4.69, 9.17) is 0 Å². The van der Waals surface area contributed by atoms with Crippen molar-refractivity contribution in [1.82, 2.24) is 10.2 Å². The first kappa shape index (κ1) is 22.7. The van der Waals surface area contributed by atoms with Crippen LogP contribution in [0.25, 0.3) is 0 Å². The van der Waals surface area contributed by atoms with Crippen LogP contribution < -0.4 is 5.32 Å². The van der Waals surface area contributed by atoms with Gasteiger partial charge in [0, 0.05) is 12.6 Å². The Morgan fingerprint density at radius 2 is 1.52 bits per heavy atom. The van der Waals surface area contributed by atoms with E-state index in [-0.39, 0.29) is 17.9 Å². The second-order valence-corrected chi connectivity index (χ2v) is 7.92. The smallest absolute Gasteiger partial charge is 0.243 e. The van der Waals surface area contributed by atoms with Crippen LogP contribution in [0.4, 0.5) is 0 Å². The standard InChI is InChI=1S/C25H34N2O2/c1-6-20(5)26-25(29)23(7-2)27(17-22-13-9-11-19(4)15-22)24(28)16-21-12-8-10-18(3)14-21/h8-15,20,23H,6-7,16-17H2,1-5H3,(H,26,29). The number of amides is 2. The summed E-state index contributed by atoms with van der Waals surface area (Å²) in [5, 5.41) is 3.05. The van der Waals surface area contributed by atoms with Gasteiger partial charge in [0.05, 0.1) is 6.42 Å². The molecule has 0 radical (unpaired) electrons. The highest BCUT2D eigenvalue weighted by Crippen LogP contribution is 2.16. The summed E-state index contributed by atoms with van der Waals surface area (Å²) in [6.45, 7) is 10.5. The summed E-state index contributed by atoms with van der Waals surface area (Å²) < 4.78 is 0. The fourth-order valence-corrected chi connectivity index (χ4v) is 3.47. The van der Waals surface area contributed by atoms with Crippen LogP contribution >= 0.6 is 0 Å². The number of nitrogens with one attached hydrogen (secondary N) is 1. The van der Waals surface area contributed by atoms with Gasteiger partial charge in [0.1, 0.15) is 6.04 Å². The molecule has 0 saturated carbocycles. The highest BCUT2D eigenvalue weighted by atomic mass is 16.2. The summed E-state index contributed by atoms with van der Waals surface area (Å²) in [6.07, 6.45) is 1.73. The lowest BCUT2D eigenvalue weighted by molar-refractivity contribution is -0.141. The molecule has 2 aromatic rings. The zero-order valence-electron chi connectivity index (χ0n) is 18.4. The Bertz CT molecular complexity index is 831. The van der Waals surface area contributed by atoms with Crippen LogP contribution in [0, 0.1) is 13.8 Å². The van der Waals surface area contributed by atoms with Gasteiger partial charge in [0.2, 0.25) is 11.8 Å². The molecule has 4 heteroatoms. The Labute approximate surface area is 175 Å². The van der Waals surface area contributed by atoms with Crippen molar-refractivity contribution in [2.75, 3.05) is 0 Å². The molecule has 0 spiro atoms. The van der Waals surface area contributed by atoms with Crippen molar-refractivity contribution >= 4 is 11.8 Å². The molecule has 0 aliphatic heterocycles. The summed E-state index contributed by atoms with van der Waals surface area (Å²) in [7, 11) is 0. The molecule has 2 rings (SSSR count). The van der Waals surface area contributed by atoms with Crippen molar-refractivity contribution in [2.45, 2.75) is 72.5 Å². The van der Waals surface area contributed by atoms with Crippen LogP contribution in [0.5, 0.6) is 0 Å². The fourth-order valence-electron chi connectivity index (χ4n) is 3.47. The summed E-state index contributed by atoms with van der Waals surface area (Å²) >= 11 is 0. The van der Waals surface area contributed by atoms with Crippen LogP contribution in [0.15, 0.2) is 48.5 Å². The molecule has 2 aromatic carbocycles. The molecule has 1 N–H and O–H groups in total. The van der Waals surface area contributed by atoms with Crippen LogP contribution in [0.2, 0.25) is 0 Å². The Hall–Kier alpha value is -2.62. The molecule has 0 aliphatic rings. The zero-order chi connectivity index (χ0) is 21.4.